The van der Waals surface area contributed by atoms with E-state index in [2.05, 4.69) is 6.07 Å². The largest absolute Gasteiger partial charge is 0.336 e. The smallest absolute Gasteiger partial charge is 0.297 e. The van der Waals surface area contributed by atoms with Crippen LogP contribution in [-0.2, 0) is 0 Å². The molecule has 0 aromatic heterocycles. The fraction of sp³-hybridized carbons (Fsp3) is 0.818. The number of amides is 2. The van der Waals surface area contributed by atoms with E-state index in [1.807, 2.05) is 0 Å². The van der Waals surface area contributed by atoms with Crippen LogP contribution in [0.2, 0.25) is 0 Å². The molecule has 1 aliphatic carbocycles. The standard InChI is InChI=1S/C11H18N4OS.ClH/c12-6-10-7-17-8-14(10)11(16)15(13)9-4-2-1-3-5-9;/h9-10H,1-5,7-8,13H2;1H. The maximum Gasteiger partial charge on any atom is 0.336 e. The van der Waals surface area contributed by atoms with Crippen molar-refractivity contribution in [2.75, 3.05) is 11.6 Å². The average Bonchev–Trinajstić information content (AvgIpc) is 2.86. The number of thioether (sulfide) groups is 1. The van der Waals surface area contributed by atoms with Gasteiger partial charge in [-0.05, 0) is 12.8 Å². The number of hydrazine groups is 1. The Morgan fingerprint density at radius 2 is 2.06 bits per heavy atom. The van der Waals surface area contributed by atoms with E-state index in [0.29, 0.717) is 11.6 Å². The van der Waals surface area contributed by atoms with Crippen molar-refractivity contribution in [2.45, 2.75) is 44.2 Å². The van der Waals surface area contributed by atoms with E-state index < -0.39 is 0 Å². The number of hydrogen-bond donors (Lipinski definition) is 1. The molecule has 2 amide bonds. The minimum Gasteiger partial charge on any atom is -0.297 e. The minimum absolute atomic E-state index is 0. The third-order valence-electron chi connectivity index (χ3n) is 3.47. The van der Waals surface area contributed by atoms with Crippen LogP contribution in [-0.4, -0.2) is 39.7 Å². The van der Waals surface area contributed by atoms with E-state index in [9.17, 15) is 4.79 Å². The van der Waals surface area contributed by atoms with Gasteiger partial charge in [-0.3, -0.25) is 9.91 Å². The summed E-state index contributed by atoms with van der Waals surface area (Å²) in [4.78, 5) is 13.8. The molecule has 0 spiro atoms. The molecule has 1 heterocycles. The number of carbonyl (C=O) groups is 1. The Labute approximate surface area is 118 Å². The first-order valence-electron chi connectivity index (χ1n) is 6.06. The molecule has 1 unspecified atom stereocenters. The van der Waals surface area contributed by atoms with Crippen LogP contribution in [0.3, 0.4) is 0 Å². The van der Waals surface area contributed by atoms with Gasteiger partial charge in [0, 0.05) is 11.8 Å². The first-order chi connectivity index (χ1) is 8.24. The maximum atomic E-state index is 12.2. The molecule has 1 saturated heterocycles. The first kappa shape index (κ1) is 15.4. The Morgan fingerprint density at radius 3 is 2.67 bits per heavy atom. The SMILES string of the molecule is Cl.N#CC1CSCN1C(=O)N(N)C1CCCCC1. The zero-order valence-electron chi connectivity index (χ0n) is 10.2. The van der Waals surface area contributed by atoms with E-state index in [4.69, 9.17) is 11.1 Å². The van der Waals surface area contributed by atoms with E-state index in [0.717, 1.165) is 25.7 Å². The number of urea groups is 1. The summed E-state index contributed by atoms with van der Waals surface area (Å²) in [6.45, 7) is 0. The Balaban J connectivity index is 0.00000162. The molecule has 2 rings (SSSR count). The average molecular weight is 291 g/mol. The third kappa shape index (κ3) is 3.22. The predicted molar refractivity (Wildman–Crippen MR) is 74.1 cm³/mol. The number of hydrogen-bond acceptors (Lipinski definition) is 4. The zero-order chi connectivity index (χ0) is 12.3. The molecule has 0 bridgehead atoms. The van der Waals surface area contributed by atoms with Gasteiger partial charge in [0.25, 0.3) is 0 Å². The maximum absolute atomic E-state index is 12.2. The molecular formula is C11H19ClN4OS. The van der Waals surface area contributed by atoms with Crippen molar-refractivity contribution in [3.05, 3.63) is 0 Å². The lowest BCUT2D eigenvalue weighted by Crippen LogP contribution is -2.53. The molecule has 5 nitrogen and oxygen atoms in total. The van der Waals surface area contributed by atoms with Gasteiger partial charge in [-0.1, -0.05) is 19.3 Å². The fourth-order valence-electron chi connectivity index (χ4n) is 2.40. The van der Waals surface area contributed by atoms with E-state index in [-0.39, 0.29) is 30.5 Å². The number of nitriles is 1. The van der Waals surface area contributed by atoms with Crippen LogP contribution in [0.15, 0.2) is 0 Å². The Bertz CT molecular complexity index is 329. The minimum atomic E-state index is -0.317. The van der Waals surface area contributed by atoms with Gasteiger partial charge < -0.3 is 0 Å². The van der Waals surface area contributed by atoms with Gasteiger partial charge in [0.15, 0.2) is 0 Å². The third-order valence-corrected chi connectivity index (χ3v) is 4.48. The summed E-state index contributed by atoms with van der Waals surface area (Å²) in [5.41, 5.74) is 0. The number of carbonyl (C=O) groups excluding carboxylic acids is 1. The monoisotopic (exact) mass is 290 g/mol. The Hall–Kier alpha value is -0.640. The second kappa shape index (κ2) is 7.07. The summed E-state index contributed by atoms with van der Waals surface area (Å²) in [5, 5.41) is 10.3. The quantitative estimate of drug-likeness (QED) is 0.455. The topological polar surface area (TPSA) is 73.4 Å². The van der Waals surface area contributed by atoms with Crippen LogP contribution in [0, 0.1) is 11.3 Å². The highest BCUT2D eigenvalue weighted by atomic mass is 35.5. The Morgan fingerprint density at radius 1 is 1.39 bits per heavy atom. The second-order valence-electron chi connectivity index (χ2n) is 4.60. The molecule has 7 heteroatoms. The lowest BCUT2D eigenvalue weighted by atomic mass is 9.95. The molecule has 1 aliphatic heterocycles. The molecule has 0 aromatic carbocycles. The molecule has 18 heavy (non-hydrogen) atoms. The highest BCUT2D eigenvalue weighted by Gasteiger charge is 2.34. The van der Waals surface area contributed by atoms with Gasteiger partial charge in [0.2, 0.25) is 0 Å². The van der Waals surface area contributed by atoms with E-state index >= 15 is 0 Å². The summed E-state index contributed by atoms with van der Waals surface area (Å²) >= 11 is 1.61. The molecular weight excluding hydrogens is 272 g/mol. The Kier molecular flexibility index (Phi) is 6.06. The van der Waals surface area contributed by atoms with E-state index in [1.165, 1.54) is 11.4 Å². The van der Waals surface area contributed by atoms with Crippen molar-refractivity contribution >= 4 is 30.2 Å². The molecule has 102 valence electrons. The lowest BCUT2D eigenvalue weighted by molar-refractivity contribution is 0.124. The van der Waals surface area contributed by atoms with Crippen molar-refractivity contribution < 1.29 is 4.79 Å². The first-order valence-corrected chi connectivity index (χ1v) is 7.21. The lowest BCUT2D eigenvalue weighted by Gasteiger charge is -2.33. The van der Waals surface area contributed by atoms with Crippen molar-refractivity contribution in [3.8, 4) is 6.07 Å². The second-order valence-corrected chi connectivity index (χ2v) is 5.60. The van der Waals surface area contributed by atoms with Crippen LogP contribution in [0.5, 0.6) is 0 Å². The normalized spacial score (nSPS) is 24.2. The van der Waals surface area contributed by atoms with Crippen LogP contribution in [0.25, 0.3) is 0 Å². The number of nitrogens with zero attached hydrogens (tertiary/aromatic N) is 3. The van der Waals surface area contributed by atoms with Crippen LogP contribution < -0.4 is 5.84 Å². The van der Waals surface area contributed by atoms with Crippen molar-refractivity contribution in [2.24, 2.45) is 5.84 Å². The number of nitrogens with two attached hydrogens (primary N) is 1. The molecule has 2 aliphatic rings. The molecule has 1 saturated carbocycles. The van der Waals surface area contributed by atoms with Gasteiger partial charge in [-0.15, -0.1) is 24.2 Å². The fourth-order valence-corrected chi connectivity index (χ4v) is 3.47. The summed E-state index contributed by atoms with van der Waals surface area (Å²) in [5.74, 6) is 7.19. The molecule has 2 N–H and O–H groups in total. The summed E-state index contributed by atoms with van der Waals surface area (Å²) in [6, 6.07) is 1.80. The predicted octanol–water partition coefficient (Wildman–Crippen LogP) is 1.94. The van der Waals surface area contributed by atoms with Crippen LogP contribution >= 0.6 is 24.2 Å². The number of halogens is 1. The molecule has 0 aromatic rings. The van der Waals surface area contributed by atoms with Gasteiger partial charge in [0.1, 0.15) is 6.04 Å². The summed E-state index contributed by atoms with van der Waals surface area (Å²) < 4.78 is 0. The van der Waals surface area contributed by atoms with E-state index in [1.54, 1.807) is 16.7 Å². The van der Waals surface area contributed by atoms with Gasteiger partial charge >= 0.3 is 6.03 Å². The van der Waals surface area contributed by atoms with Crippen molar-refractivity contribution in [3.63, 3.8) is 0 Å². The molecule has 1 atom stereocenters. The van der Waals surface area contributed by atoms with Crippen molar-refractivity contribution in [1.82, 2.24) is 9.91 Å². The van der Waals surface area contributed by atoms with Crippen LogP contribution in [0.1, 0.15) is 32.1 Å². The highest BCUT2D eigenvalue weighted by molar-refractivity contribution is 7.99. The van der Waals surface area contributed by atoms with Crippen molar-refractivity contribution in [1.29, 1.82) is 5.26 Å². The molecule has 2 fully saturated rings. The van der Waals surface area contributed by atoms with Gasteiger partial charge in [0.05, 0.1) is 11.9 Å². The number of rotatable bonds is 1. The summed E-state index contributed by atoms with van der Waals surface area (Å²) in [7, 11) is 0. The summed E-state index contributed by atoms with van der Waals surface area (Å²) in [6.07, 6.45) is 5.49. The molecule has 0 radical (unpaired) electrons. The van der Waals surface area contributed by atoms with Crippen LogP contribution in [0.4, 0.5) is 4.79 Å². The highest BCUT2D eigenvalue weighted by Crippen LogP contribution is 2.25. The van der Waals surface area contributed by atoms with Gasteiger partial charge in [-0.25, -0.2) is 10.6 Å². The zero-order valence-corrected chi connectivity index (χ0v) is 11.9. The van der Waals surface area contributed by atoms with Gasteiger partial charge in [-0.2, -0.15) is 5.26 Å².